The van der Waals surface area contributed by atoms with Crippen LogP contribution < -0.4 is 5.32 Å². The predicted molar refractivity (Wildman–Crippen MR) is 61.9 cm³/mol. The Balaban J connectivity index is 2.13. The van der Waals surface area contributed by atoms with Crippen LogP contribution in [0.5, 0.6) is 0 Å². The number of furan rings is 1. The summed E-state index contributed by atoms with van der Waals surface area (Å²) in [6, 6.07) is 2.66. The van der Waals surface area contributed by atoms with E-state index in [1.165, 1.54) is 11.3 Å². The molecular formula is C11H19NOS. The zero-order valence-electron chi connectivity index (χ0n) is 9.17. The summed E-state index contributed by atoms with van der Waals surface area (Å²) in [7, 11) is 0. The molecule has 1 aromatic rings. The van der Waals surface area contributed by atoms with E-state index in [4.69, 9.17) is 4.42 Å². The van der Waals surface area contributed by atoms with Crippen molar-refractivity contribution in [2.75, 3.05) is 12.3 Å². The maximum Gasteiger partial charge on any atom is 0.114 e. The molecule has 2 nitrogen and oxygen atoms in total. The van der Waals surface area contributed by atoms with E-state index in [0.29, 0.717) is 6.04 Å². The molecule has 0 saturated carbocycles. The van der Waals surface area contributed by atoms with Gasteiger partial charge in [-0.3, -0.25) is 0 Å². The second kappa shape index (κ2) is 6.14. The second-order valence-corrected chi connectivity index (χ2v) is 4.59. The predicted octanol–water partition coefficient (Wildman–Crippen LogP) is 3.07. The lowest BCUT2D eigenvalue weighted by Gasteiger charge is -2.10. The monoisotopic (exact) mass is 213 g/mol. The van der Waals surface area contributed by atoms with E-state index in [-0.39, 0.29) is 0 Å². The van der Waals surface area contributed by atoms with Gasteiger partial charge in [-0.1, -0.05) is 6.92 Å². The Morgan fingerprint density at radius 2 is 2.36 bits per heavy atom. The molecule has 1 N–H and O–H groups in total. The quantitative estimate of drug-likeness (QED) is 0.581. The third-order valence-electron chi connectivity index (χ3n) is 2.28. The fraction of sp³-hybridized carbons (Fsp3) is 0.636. The summed E-state index contributed by atoms with van der Waals surface area (Å²) in [5.74, 6) is 2.13. The molecule has 1 atom stereocenters. The van der Waals surface area contributed by atoms with Crippen molar-refractivity contribution in [1.82, 2.24) is 5.32 Å². The van der Waals surface area contributed by atoms with Crippen LogP contribution in [0.25, 0.3) is 0 Å². The van der Waals surface area contributed by atoms with Crippen molar-refractivity contribution in [1.29, 1.82) is 0 Å². The number of hydrogen-bond donors (Lipinski definition) is 1. The zero-order valence-corrected chi connectivity index (χ0v) is 9.99. The third kappa shape index (κ3) is 3.76. The molecule has 0 spiro atoms. The lowest BCUT2D eigenvalue weighted by molar-refractivity contribution is 0.526. The van der Waals surface area contributed by atoms with Crippen LogP contribution in [-0.4, -0.2) is 18.3 Å². The van der Waals surface area contributed by atoms with Crippen molar-refractivity contribution in [3.63, 3.8) is 0 Å². The third-order valence-corrected chi connectivity index (χ3v) is 3.42. The van der Waals surface area contributed by atoms with Gasteiger partial charge in [-0.15, -0.1) is 11.8 Å². The standard InChI is InChI=1S/C11H19NOS/c1-4-9(2)12-6-8-14-11-5-7-13-10(11)3/h5,7,9,12H,4,6,8H2,1-3H3. The van der Waals surface area contributed by atoms with E-state index < -0.39 is 0 Å². The lowest BCUT2D eigenvalue weighted by atomic mass is 10.3. The van der Waals surface area contributed by atoms with E-state index >= 15 is 0 Å². The molecule has 0 radical (unpaired) electrons. The summed E-state index contributed by atoms with van der Waals surface area (Å²) in [5.41, 5.74) is 0. The van der Waals surface area contributed by atoms with Crippen molar-refractivity contribution < 1.29 is 4.42 Å². The van der Waals surface area contributed by atoms with Crippen molar-refractivity contribution >= 4 is 11.8 Å². The average Bonchev–Trinajstić information content (AvgIpc) is 2.58. The van der Waals surface area contributed by atoms with Gasteiger partial charge in [-0.2, -0.15) is 0 Å². The molecule has 1 aromatic heterocycles. The first-order valence-electron chi connectivity index (χ1n) is 5.14. The molecular weight excluding hydrogens is 194 g/mol. The highest BCUT2D eigenvalue weighted by Gasteiger charge is 2.01. The van der Waals surface area contributed by atoms with Crippen LogP contribution in [0.15, 0.2) is 21.6 Å². The molecule has 14 heavy (non-hydrogen) atoms. The Morgan fingerprint density at radius 3 is 2.93 bits per heavy atom. The topological polar surface area (TPSA) is 25.2 Å². The van der Waals surface area contributed by atoms with Crippen LogP contribution in [0.4, 0.5) is 0 Å². The largest absolute Gasteiger partial charge is 0.468 e. The minimum atomic E-state index is 0.626. The molecule has 1 unspecified atom stereocenters. The Bertz CT molecular complexity index is 260. The first kappa shape index (κ1) is 11.7. The molecule has 0 fully saturated rings. The smallest absolute Gasteiger partial charge is 0.114 e. The van der Waals surface area contributed by atoms with Crippen LogP contribution >= 0.6 is 11.8 Å². The van der Waals surface area contributed by atoms with Crippen molar-refractivity contribution in [2.45, 2.75) is 38.1 Å². The Kier molecular flexibility index (Phi) is 5.12. The molecule has 0 bridgehead atoms. The SMILES string of the molecule is CCC(C)NCCSc1ccoc1C. The van der Waals surface area contributed by atoms with Gasteiger partial charge in [0.2, 0.25) is 0 Å². The summed E-state index contributed by atoms with van der Waals surface area (Å²) in [6.45, 7) is 7.48. The first-order chi connectivity index (χ1) is 6.74. The van der Waals surface area contributed by atoms with Crippen LogP contribution in [0.2, 0.25) is 0 Å². The Morgan fingerprint density at radius 1 is 1.57 bits per heavy atom. The summed E-state index contributed by atoms with van der Waals surface area (Å²) in [5, 5.41) is 3.46. The number of hydrogen-bond acceptors (Lipinski definition) is 3. The van der Waals surface area contributed by atoms with Gasteiger partial charge in [0, 0.05) is 23.2 Å². The van der Waals surface area contributed by atoms with Crippen LogP contribution in [0.3, 0.4) is 0 Å². The fourth-order valence-corrected chi connectivity index (χ4v) is 1.98. The second-order valence-electron chi connectivity index (χ2n) is 3.45. The molecule has 0 saturated heterocycles. The maximum atomic E-state index is 5.22. The molecule has 1 heterocycles. The molecule has 0 aliphatic carbocycles. The van der Waals surface area contributed by atoms with E-state index in [1.807, 2.05) is 24.8 Å². The van der Waals surface area contributed by atoms with Gasteiger partial charge in [-0.05, 0) is 26.3 Å². The van der Waals surface area contributed by atoms with Gasteiger partial charge in [0.1, 0.15) is 5.76 Å². The van der Waals surface area contributed by atoms with Crippen molar-refractivity contribution in [2.24, 2.45) is 0 Å². The molecule has 3 heteroatoms. The minimum Gasteiger partial charge on any atom is -0.468 e. The average molecular weight is 213 g/mol. The van der Waals surface area contributed by atoms with Crippen LogP contribution in [0.1, 0.15) is 26.0 Å². The highest BCUT2D eigenvalue weighted by Crippen LogP contribution is 2.22. The highest BCUT2D eigenvalue weighted by molar-refractivity contribution is 7.99. The molecule has 0 amide bonds. The number of thioether (sulfide) groups is 1. The molecule has 0 aromatic carbocycles. The summed E-state index contributed by atoms with van der Waals surface area (Å²) in [4.78, 5) is 1.26. The van der Waals surface area contributed by atoms with Crippen LogP contribution in [-0.2, 0) is 0 Å². The molecule has 0 aliphatic heterocycles. The zero-order chi connectivity index (χ0) is 10.4. The van der Waals surface area contributed by atoms with E-state index in [9.17, 15) is 0 Å². The molecule has 1 rings (SSSR count). The van der Waals surface area contributed by atoms with Gasteiger partial charge in [-0.25, -0.2) is 0 Å². The van der Waals surface area contributed by atoms with E-state index in [1.54, 1.807) is 6.26 Å². The minimum absolute atomic E-state index is 0.626. The number of nitrogens with one attached hydrogen (secondary N) is 1. The maximum absolute atomic E-state index is 5.22. The lowest BCUT2D eigenvalue weighted by Crippen LogP contribution is -2.27. The Labute approximate surface area is 90.5 Å². The van der Waals surface area contributed by atoms with E-state index in [0.717, 1.165) is 18.1 Å². The van der Waals surface area contributed by atoms with Gasteiger partial charge < -0.3 is 9.73 Å². The Hall–Kier alpha value is -0.410. The van der Waals surface area contributed by atoms with Gasteiger partial charge in [0.25, 0.3) is 0 Å². The number of aryl methyl sites for hydroxylation is 1. The summed E-state index contributed by atoms with van der Waals surface area (Å²) >= 11 is 1.85. The summed E-state index contributed by atoms with van der Waals surface area (Å²) in [6.07, 6.45) is 2.94. The van der Waals surface area contributed by atoms with Crippen LogP contribution in [0, 0.1) is 6.92 Å². The van der Waals surface area contributed by atoms with Gasteiger partial charge in [0.05, 0.1) is 6.26 Å². The van der Waals surface area contributed by atoms with Crippen molar-refractivity contribution in [3.8, 4) is 0 Å². The van der Waals surface area contributed by atoms with Gasteiger partial charge >= 0.3 is 0 Å². The first-order valence-corrected chi connectivity index (χ1v) is 6.13. The highest BCUT2D eigenvalue weighted by atomic mass is 32.2. The molecule has 0 aliphatic rings. The summed E-state index contributed by atoms with van der Waals surface area (Å²) < 4.78 is 5.22. The van der Waals surface area contributed by atoms with E-state index in [2.05, 4.69) is 19.2 Å². The van der Waals surface area contributed by atoms with Gasteiger partial charge in [0.15, 0.2) is 0 Å². The fourth-order valence-electron chi connectivity index (χ4n) is 1.13. The van der Waals surface area contributed by atoms with Crippen molar-refractivity contribution in [3.05, 3.63) is 18.1 Å². The molecule has 80 valence electrons. The number of rotatable bonds is 6. The normalized spacial score (nSPS) is 13.1.